The Morgan fingerprint density at radius 2 is 2.33 bits per heavy atom. The van der Waals surface area contributed by atoms with Gasteiger partial charge in [0.1, 0.15) is 23.0 Å². The highest BCUT2D eigenvalue weighted by Crippen LogP contribution is 2.39. The number of nitrogens with one attached hydrogen (secondary N) is 2. The molecule has 0 radical (unpaired) electrons. The van der Waals surface area contributed by atoms with Gasteiger partial charge in [0.25, 0.3) is 0 Å². The predicted octanol–water partition coefficient (Wildman–Crippen LogP) is 2.06. The van der Waals surface area contributed by atoms with Crippen LogP contribution < -0.4 is 5.32 Å². The Labute approximate surface area is 109 Å². The van der Waals surface area contributed by atoms with Gasteiger partial charge in [-0.1, -0.05) is 0 Å². The maximum atomic E-state index is 4.58. The number of hydrogen-bond acceptors (Lipinski definition) is 6. The van der Waals surface area contributed by atoms with E-state index in [1.165, 1.54) is 30.9 Å². The van der Waals surface area contributed by atoms with Crippen molar-refractivity contribution >= 4 is 17.6 Å². The van der Waals surface area contributed by atoms with Crippen molar-refractivity contribution in [2.24, 2.45) is 0 Å². The summed E-state index contributed by atoms with van der Waals surface area (Å²) in [4.78, 5) is 13.2. The fourth-order valence-electron chi connectivity index (χ4n) is 1.63. The molecule has 94 valence electrons. The molecule has 18 heavy (non-hydrogen) atoms. The molecule has 0 spiro atoms. The lowest BCUT2D eigenvalue weighted by Gasteiger charge is -2.07. The van der Waals surface area contributed by atoms with Crippen LogP contribution in [0.4, 0.5) is 5.82 Å². The van der Waals surface area contributed by atoms with Crippen molar-refractivity contribution < 1.29 is 0 Å². The quantitative estimate of drug-likeness (QED) is 0.803. The Kier molecular flexibility index (Phi) is 3.14. The summed E-state index contributed by atoms with van der Waals surface area (Å²) >= 11 is 1.47. The van der Waals surface area contributed by atoms with E-state index in [0.717, 1.165) is 28.4 Å². The summed E-state index contributed by atoms with van der Waals surface area (Å²) in [7, 11) is 0. The van der Waals surface area contributed by atoms with Gasteiger partial charge in [0.05, 0.1) is 0 Å². The molecule has 2 N–H and O–H groups in total. The molecule has 1 aliphatic rings. The third kappa shape index (κ3) is 2.61. The number of rotatable bonds is 5. The van der Waals surface area contributed by atoms with E-state index in [0.29, 0.717) is 5.92 Å². The first-order chi connectivity index (χ1) is 8.85. The topological polar surface area (TPSA) is 79.4 Å². The van der Waals surface area contributed by atoms with Crippen LogP contribution in [0.15, 0.2) is 22.6 Å². The van der Waals surface area contributed by atoms with Gasteiger partial charge in [-0.3, -0.25) is 5.10 Å². The second-order valence-corrected chi connectivity index (χ2v) is 5.16. The van der Waals surface area contributed by atoms with Gasteiger partial charge in [0.2, 0.25) is 0 Å². The van der Waals surface area contributed by atoms with Crippen molar-refractivity contribution in [2.75, 3.05) is 11.9 Å². The van der Waals surface area contributed by atoms with Crippen LogP contribution in [0, 0.1) is 0 Å². The van der Waals surface area contributed by atoms with Crippen LogP contribution in [0.3, 0.4) is 0 Å². The molecular weight excluding hydrogens is 248 g/mol. The van der Waals surface area contributed by atoms with Crippen LogP contribution in [0.1, 0.15) is 31.5 Å². The lowest BCUT2D eigenvalue weighted by molar-refractivity contribution is 0.872. The van der Waals surface area contributed by atoms with Crippen molar-refractivity contribution in [3.05, 3.63) is 18.2 Å². The number of aromatic amines is 1. The molecule has 2 heterocycles. The first-order valence-electron chi connectivity index (χ1n) is 6.01. The molecule has 7 heteroatoms. The van der Waals surface area contributed by atoms with Gasteiger partial charge in [-0.05, 0) is 31.5 Å². The fourth-order valence-corrected chi connectivity index (χ4v) is 2.34. The van der Waals surface area contributed by atoms with E-state index in [2.05, 4.69) is 37.4 Å². The van der Waals surface area contributed by atoms with Crippen LogP contribution >= 0.6 is 11.8 Å². The molecule has 1 aliphatic carbocycles. The summed E-state index contributed by atoms with van der Waals surface area (Å²) in [6.07, 6.45) is 3.89. The lowest BCUT2D eigenvalue weighted by atomic mass is 10.4. The summed E-state index contributed by atoms with van der Waals surface area (Å²) in [6, 6.07) is 1.95. The summed E-state index contributed by atoms with van der Waals surface area (Å²) in [5, 5.41) is 11.5. The molecular formula is C11H14N6S. The van der Waals surface area contributed by atoms with E-state index < -0.39 is 0 Å². The molecule has 0 saturated heterocycles. The normalized spacial score (nSPS) is 14.7. The zero-order chi connectivity index (χ0) is 12.4. The van der Waals surface area contributed by atoms with Gasteiger partial charge in [0.15, 0.2) is 5.16 Å². The molecule has 2 aromatic heterocycles. The number of anilines is 1. The number of H-pyrrole nitrogens is 1. The molecule has 1 fully saturated rings. The van der Waals surface area contributed by atoms with Crippen LogP contribution in [0.25, 0.3) is 0 Å². The number of nitrogens with zero attached hydrogens (tertiary/aromatic N) is 4. The minimum absolute atomic E-state index is 0.540. The number of aromatic nitrogens is 5. The first kappa shape index (κ1) is 11.5. The van der Waals surface area contributed by atoms with Crippen LogP contribution in [-0.2, 0) is 0 Å². The maximum Gasteiger partial charge on any atom is 0.189 e. The monoisotopic (exact) mass is 262 g/mol. The van der Waals surface area contributed by atoms with Crippen molar-refractivity contribution in [1.82, 2.24) is 25.1 Å². The Morgan fingerprint density at radius 3 is 3.00 bits per heavy atom. The molecule has 1 saturated carbocycles. The highest BCUT2D eigenvalue weighted by Gasteiger charge is 2.27. The van der Waals surface area contributed by atoms with E-state index >= 15 is 0 Å². The van der Waals surface area contributed by atoms with Crippen molar-refractivity contribution in [2.45, 2.75) is 35.9 Å². The molecule has 0 amide bonds. The number of hydrogen-bond donors (Lipinski definition) is 2. The second kappa shape index (κ2) is 4.93. The molecule has 6 nitrogen and oxygen atoms in total. The molecule has 0 bridgehead atoms. The van der Waals surface area contributed by atoms with E-state index in [1.807, 2.05) is 6.07 Å². The SMILES string of the molecule is CCNc1cc(Sc2ncn[nH]2)nc(C2CC2)n1. The standard InChI is InChI=1S/C11H14N6S/c1-2-12-8-5-9(18-11-13-6-14-17-11)16-10(15-8)7-3-4-7/h5-7H,2-4H2,1H3,(H,12,15,16)(H,13,14,17). The van der Waals surface area contributed by atoms with Crippen molar-refractivity contribution in [1.29, 1.82) is 0 Å². The van der Waals surface area contributed by atoms with Crippen molar-refractivity contribution in [3.8, 4) is 0 Å². The van der Waals surface area contributed by atoms with Gasteiger partial charge in [-0.25, -0.2) is 15.0 Å². The molecule has 0 unspecified atom stereocenters. The summed E-state index contributed by atoms with van der Waals surface area (Å²) < 4.78 is 0. The van der Waals surface area contributed by atoms with Gasteiger partial charge >= 0.3 is 0 Å². The van der Waals surface area contributed by atoms with E-state index in [4.69, 9.17) is 0 Å². The average Bonchev–Trinajstić information content (AvgIpc) is 3.09. The van der Waals surface area contributed by atoms with E-state index in [9.17, 15) is 0 Å². The fraction of sp³-hybridized carbons (Fsp3) is 0.455. The molecule has 2 aromatic rings. The molecule has 0 atom stereocenters. The van der Waals surface area contributed by atoms with Crippen LogP contribution in [0.5, 0.6) is 0 Å². The predicted molar refractivity (Wildman–Crippen MR) is 68.7 cm³/mol. The van der Waals surface area contributed by atoms with Gasteiger partial charge in [0, 0.05) is 18.5 Å². The van der Waals surface area contributed by atoms with Crippen molar-refractivity contribution in [3.63, 3.8) is 0 Å². The molecule has 0 aromatic carbocycles. The Hall–Kier alpha value is -1.63. The average molecular weight is 262 g/mol. The highest BCUT2D eigenvalue weighted by molar-refractivity contribution is 7.99. The third-order valence-corrected chi connectivity index (χ3v) is 3.42. The van der Waals surface area contributed by atoms with Crippen LogP contribution in [-0.4, -0.2) is 31.7 Å². The van der Waals surface area contributed by atoms with Crippen LogP contribution in [0.2, 0.25) is 0 Å². The van der Waals surface area contributed by atoms with E-state index in [1.54, 1.807) is 0 Å². The Balaban J connectivity index is 1.87. The maximum absolute atomic E-state index is 4.58. The first-order valence-corrected chi connectivity index (χ1v) is 6.83. The Morgan fingerprint density at radius 1 is 1.44 bits per heavy atom. The zero-order valence-corrected chi connectivity index (χ0v) is 10.9. The lowest BCUT2D eigenvalue weighted by Crippen LogP contribution is -2.03. The minimum Gasteiger partial charge on any atom is -0.370 e. The summed E-state index contributed by atoms with van der Waals surface area (Å²) in [6.45, 7) is 2.91. The third-order valence-electron chi connectivity index (χ3n) is 2.61. The molecule has 3 rings (SSSR count). The van der Waals surface area contributed by atoms with E-state index in [-0.39, 0.29) is 0 Å². The van der Waals surface area contributed by atoms with Gasteiger partial charge < -0.3 is 5.32 Å². The van der Waals surface area contributed by atoms with Gasteiger partial charge in [-0.2, -0.15) is 5.10 Å². The minimum atomic E-state index is 0.540. The smallest absolute Gasteiger partial charge is 0.189 e. The molecule has 0 aliphatic heterocycles. The zero-order valence-electron chi connectivity index (χ0n) is 10.1. The highest BCUT2D eigenvalue weighted by atomic mass is 32.2. The Bertz CT molecular complexity index is 522. The van der Waals surface area contributed by atoms with Gasteiger partial charge in [-0.15, -0.1) is 0 Å². The second-order valence-electron chi connectivity index (χ2n) is 4.15. The summed E-state index contributed by atoms with van der Waals surface area (Å²) in [5.74, 6) is 2.37. The summed E-state index contributed by atoms with van der Waals surface area (Å²) in [5.41, 5.74) is 0. The largest absolute Gasteiger partial charge is 0.370 e.